The van der Waals surface area contributed by atoms with Crippen LogP contribution in [0.1, 0.15) is 21.5 Å². The number of benzene rings is 1. The van der Waals surface area contributed by atoms with Gasteiger partial charge in [0.1, 0.15) is 0 Å². The number of carbonyl (C=O) groups excluding carboxylic acids is 1. The second-order valence-electron chi connectivity index (χ2n) is 3.91. The van der Waals surface area contributed by atoms with Crippen molar-refractivity contribution >= 4 is 5.91 Å². The van der Waals surface area contributed by atoms with Gasteiger partial charge in [-0.15, -0.1) is 0 Å². The molecule has 1 amide bonds. The van der Waals surface area contributed by atoms with Crippen LogP contribution in [0.15, 0.2) is 48.8 Å². The zero-order valence-electron chi connectivity index (χ0n) is 9.73. The van der Waals surface area contributed by atoms with Crippen LogP contribution in [0.5, 0.6) is 0 Å². The van der Waals surface area contributed by atoms with E-state index in [4.69, 9.17) is 0 Å². The summed E-state index contributed by atoms with van der Waals surface area (Å²) in [6, 6.07) is 11.5. The number of aromatic nitrogens is 1. The number of rotatable bonds is 3. The Labute approximate surface area is 101 Å². The molecule has 1 heterocycles. The molecule has 2 aromatic rings. The highest BCUT2D eigenvalue weighted by atomic mass is 16.1. The van der Waals surface area contributed by atoms with Gasteiger partial charge in [-0.05, 0) is 24.6 Å². The summed E-state index contributed by atoms with van der Waals surface area (Å²) in [4.78, 5) is 14.9. The van der Waals surface area contributed by atoms with E-state index in [2.05, 4.69) is 10.3 Å². The lowest BCUT2D eigenvalue weighted by atomic mass is 10.1. The number of H-pyrrole nitrogens is 1. The summed E-state index contributed by atoms with van der Waals surface area (Å²) >= 11 is 0. The number of hydrogen-bond acceptors (Lipinski definition) is 1. The van der Waals surface area contributed by atoms with Gasteiger partial charge >= 0.3 is 0 Å². The SMILES string of the molecule is Cc1ccccc1C(=O)NCc1ccc[nH+]c1. The molecule has 3 heteroatoms. The minimum atomic E-state index is -0.0352. The number of aromatic amines is 1. The van der Waals surface area contributed by atoms with Gasteiger partial charge < -0.3 is 5.32 Å². The van der Waals surface area contributed by atoms with Crippen molar-refractivity contribution in [3.05, 3.63) is 65.5 Å². The smallest absolute Gasteiger partial charge is 0.251 e. The van der Waals surface area contributed by atoms with E-state index < -0.39 is 0 Å². The molecular weight excluding hydrogens is 212 g/mol. The number of pyridine rings is 1. The fraction of sp³-hybridized carbons (Fsp3) is 0.143. The van der Waals surface area contributed by atoms with E-state index in [0.29, 0.717) is 6.54 Å². The molecule has 0 atom stereocenters. The first kappa shape index (κ1) is 11.3. The summed E-state index contributed by atoms with van der Waals surface area (Å²) in [5.74, 6) is -0.0352. The Morgan fingerprint density at radius 2 is 2.06 bits per heavy atom. The number of carbonyl (C=O) groups is 1. The zero-order valence-corrected chi connectivity index (χ0v) is 9.73. The van der Waals surface area contributed by atoms with Crippen LogP contribution in [0, 0.1) is 6.92 Å². The lowest BCUT2D eigenvalue weighted by Crippen LogP contribution is -2.24. The standard InChI is InChI=1S/C14H14N2O/c1-11-5-2-3-7-13(11)14(17)16-10-12-6-4-8-15-9-12/h2-9H,10H2,1H3,(H,16,17)/p+1. The molecule has 0 spiro atoms. The highest BCUT2D eigenvalue weighted by Gasteiger charge is 2.07. The normalized spacial score (nSPS) is 9.94. The maximum Gasteiger partial charge on any atom is 0.251 e. The zero-order chi connectivity index (χ0) is 12.1. The van der Waals surface area contributed by atoms with Crippen molar-refractivity contribution < 1.29 is 9.78 Å². The van der Waals surface area contributed by atoms with E-state index in [-0.39, 0.29) is 5.91 Å². The van der Waals surface area contributed by atoms with E-state index in [1.807, 2.05) is 55.7 Å². The van der Waals surface area contributed by atoms with E-state index in [9.17, 15) is 4.79 Å². The molecule has 0 saturated heterocycles. The maximum absolute atomic E-state index is 11.9. The van der Waals surface area contributed by atoms with Gasteiger partial charge in [0.25, 0.3) is 5.91 Å². The summed E-state index contributed by atoms with van der Waals surface area (Å²) in [5.41, 5.74) is 2.77. The van der Waals surface area contributed by atoms with Gasteiger partial charge in [-0.25, -0.2) is 4.98 Å². The molecule has 2 rings (SSSR count). The molecule has 0 bridgehead atoms. The van der Waals surface area contributed by atoms with Crippen molar-refractivity contribution in [2.45, 2.75) is 13.5 Å². The Morgan fingerprint density at radius 3 is 2.76 bits per heavy atom. The highest BCUT2D eigenvalue weighted by molar-refractivity contribution is 5.95. The largest absolute Gasteiger partial charge is 0.348 e. The Morgan fingerprint density at radius 1 is 1.24 bits per heavy atom. The minimum absolute atomic E-state index is 0.0352. The maximum atomic E-state index is 11.9. The molecule has 0 aliphatic heterocycles. The number of aryl methyl sites for hydroxylation is 1. The third-order valence-electron chi connectivity index (χ3n) is 2.61. The van der Waals surface area contributed by atoms with Gasteiger partial charge in [0, 0.05) is 23.7 Å². The van der Waals surface area contributed by atoms with Gasteiger partial charge in [-0.1, -0.05) is 18.2 Å². The Bertz CT molecular complexity index is 509. The highest BCUT2D eigenvalue weighted by Crippen LogP contribution is 2.06. The molecule has 0 aliphatic rings. The molecule has 0 fully saturated rings. The molecule has 1 aromatic carbocycles. The molecule has 0 aliphatic carbocycles. The second-order valence-corrected chi connectivity index (χ2v) is 3.91. The number of amides is 1. The van der Waals surface area contributed by atoms with Crippen molar-refractivity contribution in [1.82, 2.24) is 5.32 Å². The Kier molecular flexibility index (Phi) is 3.50. The molecule has 0 saturated carbocycles. The summed E-state index contributed by atoms with van der Waals surface area (Å²) in [6.07, 6.45) is 3.71. The van der Waals surface area contributed by atoms with Crippen LogP contribution < -0.4 is 10.3 Å². The second kappa shape index (κ2) is 5.25. The fourth-order valence-corrected chi connectivity index (χ4v) is 1.65. The number of nitrogens with one attached hydrogen (secondary N) is 2. The van der Waals surface area contributed by atoms with Crippen molar-refractivity contribution in [2.24, 2.45) is 0 Å². The molecular formula is C14H15N2O+. The fourth-order valence-electron chi connectivity index (χ4n) is 1.65. The topological polar surface area (TPSA) is 43.2 Å². The monoisotopic (exact) mass is 227 g/mol. The van der Waals surface area contributed by atoms with Gasteiger partial charge in [-0.3, -0.25) is 4.79 Å². The van der Waals surface area contributed by atoms with Crippen LogP contribution in [-0.4, -0.2) is 5.91 Å². The predicted molar refractivity (Wildman–Crippen MR) is 65.3 cm³/mol. The van der Waals surface area contributed by atoms with Crippen LogP contribution in [0.4, 0.5) is 0 Å². The number of hydrogen-bond donors (Lipinski definition) is 1. The van der Waals surface area contributed by atoms with E-state index in [1.165, 1.54) is 0 Å². The van der Waals surface area contributed by atoms with Crippen LogP contribution in [0.25, 0.3) is 0 Å². The quantitative estimate of drug-likeness (QED) is 0.852. The molecule has 3 nitrogen and oxygen atoms in total. The molecule has 2 N–H and O–H groups in total. The average molecular weight is 227 g/mol. The van der Waals surface area contributed by atoms with Crippen molar-refractivity contribution in [1.29, 1.82) is 0 Å². The summed E-state index contributed by atoms with van der Waals surface area (Å²) in [7, 11) is 0. The van der Waals surface area contributed by atoms with Gasteiger partial charge in [0.2, 0.25) is 0 Å². The van der Waals surface area contributed by atoms with E-state index in [0.717, 1.165) is 16.7 Å². The summed E-state index contributed by atoms with van der Waals surface area (Å²) in [6.45, 7) is 2.47. The van der Waals surface area contributed by atoms with Crippen LogP contribution in [0.2, 0.25) is 0 Å². The average Bonchev–Trinajstić information content (AvgIpc) is 2.38. The van der Waals surface area contributed by atoms with E-state index in [1.54, 1.807) is 0 Å². The van der Waals surface area contributed by atoms with Crippen molar-refractivity contribution in [3.63, 3.8) is 0 Å². The molecule has 1 aromatic heterocycles. The Balaban J connectivity index is 2.01. The molecule has 86 valence electrons. The van der Waals surface area contributed by atoms with E-state index >= 15 is 0 Å². The molecule has 17 heavy (non-hydrogen) atoms. The molecule has 0 radical (unpaired) electrons. The third kappa shape index (κ3) is 2.91. The molecule has 0 unspecified atom stereocenters. The van der Waals surface area contributed by atoms with Crippen molar-refractivity contribution in [3.8, 4) is 0 Å². The lowest BCUT2D eigenvalue weighted by molar-refractivity contribution is -0.378. The van der Waals surface area contributed by atoms with Crippen LogP contribution >= 0.6 is 0 Å². The lowest BCUT2D eigenvalue weighted by Gasteiger charge is -2.06. The summed E-state index contributed by atoms with van der Waals surface area (Å²) in [5, 5.41) is 2.90. The van der Waals surface area contributed by atoms with Crippen LogP contribution in [0.3, 0.4) is 0 Å². The third-order valence-corrected chi connectivity index (χ3v) is 2.61. The first-order chi connectivity index (χ1) is 8.27. The van der Waals surface area contributed by atoms with Crippen LogP contribution in [-0.2, 0) is 6.54 Å². The van der Waals surface area contributed by atoms with Gasteiger partial charge in [0.05, 0.1) is 0 Å². The van der Waals surface area contributed by atoms with Crippen molar-refractivity contribution in [2.75, 3.05) is 0 Å². The minimum Gasteiger partial charge on any atom is -0.348 e. The predicted octanol–water partition coefficient (Wildman–Crippen LogP) is 1.74. The first-order valence-electron chi connectivity index (χ1n) is 5.56. The van der Waals surface area contributed by atoms with Gasteiger partial charge in [-0.2, -0.15) is 0 Å². The summed E-state index contributed by atoms with van der Waals surface area (Å²) < 4.78 is 0. The first-order valence-corrected chi connectivity index (χ1v) is 5.56. The van der Waals surface area contributed by atoms with Gasteiger partial charge in [0.15, 0.2) is 12.4 Å². The Hall–Kier alpha value is -2.16.